The van der Waals surface area contributed by atoms with Crippen molar-refractivity contribution in [3.63, 3.8) is 0 Å². The zero-order chi connectivity index (χ0) is 18.7. The van der Waals surface area contributed by atoms with Crippen molar-refractivity contribution in [1.29, 1.82) is 0 Å². The van der Waals surface area contributed by atoms with E-state index in [4.69, 9.17) is 0 Å². The molecule has 0 aliphatic heterocycles. The molecule has 0 N–H and O–H groups in total. The number of benzene rings is 3. The first-order valence-corrected chi connectivity index (χ1v) is 9.41. The number of hydrogen-bond acceptors (Lipinski definition) is 1. The summed E-state index contributed by atoms with van der Waals surface area (Å²) in [5.41, 5.74) is 6.51. The highest BCUT2D eigenvalue weighted by atomic mass is 15.2. The van der Waals surface area contributed by atoms with Gasteiger partial charge in [0, 0.05) is 17.4 Å². The van der Waals surface area contributed by atoms with Crippen LogP contribution in [-0.2, 0) is 5.41 Å². The molecule has 3 rings (SSSR count). The molecule has 0 aliphatic carbocycles. The van der Waals surface area contributed by atoms with Gasteiger partial charge < -0.3 is 4.90 Å². The van der Waals surface area contributed by atoms with E-state index >= 15 is 0 Å². The first-order valence-electron chi connectivity index (χ1n) is 9.41. The van der Waals surface area contributed by atoms with Crippen molar-refractivity contribution in [2.24, 2.45) is 0 Å². The molecule has 0 saturated carbocycles. The van der Waals surface area contributed by atoms with Gasteiger partial charge in [0.15, 0.2) is 0 Å². The summed E-state index contributed by atoms with van der Waals surface area (Å²) >= 11 is 0. The summed E-state index contributed by atoms with van der Waals surface area (Å²) in [6, 6.07) is 28.8. The minimum Gasteiger partial charge on any atom is -0.339 e. The zero-order valence-electron chi connectivity index (χ0n) is 16.5. The Hall–Kier alpha value is -2.54. The second kappa shape index (κ2) is 7.37. The standard InChI is InChI=1S/C25H29N/c1-19(2)26(24-17-13-22(14-18-24)25(3,4)5)23-15-11-21(12-16-23)20-9-7-6-8-10-20/h6-19H,1-5H3. The van der Waals surface area contributed by atoms with Crippen LogP contribution in [0.2, 0.25) is 0 Å². The number of nitrogens with zero attached hydrogens (tertiary/aromatic N) is 1. The third-order valence-electron chi connectivity index (χ3n) is 4.78. The summed E-state index contributed by atoms with van der Waals surface area (Å²) in [7, 11) is 0. The Balaban J connectivity index is 1.91. The maximum Gasteiger partial charge on any atom is 0.0413 e. The Morgan fingerprint density at radius 1 is 0.615 bits per heavy atom. The molecule has 1 nitrogen and oxygen atoms in total. The highest BCUT2D eigenvalue weighted by Gasteiger charge is 2.16. The van der Waals surface area contributed by atoms with Gasteiger partial charge in [-0.25, -0.2) is 0 Å². The molecule has 3 aromatic rings. The molecule has 3 aromatic carbocycles. The lowest BCUT2D eigenvalue weighted by Gasteiger charge is -2.30. The average Bonchev–Trinajstić information content (AvgIpc) is 2.63. The fourth-order valence-electron chi connectivity index (χ4n) is 3.31. The van der Waals surface area contributed by atoms with Gasteiger partial charge in [0.25, 0.3) is 0 Å². The van der Waals surface area contributed by atoms with Crippen molar-refractivity contribution in [2.45, 2.75) is 46.1 Å². The third kappa shape index (κ3) is 3.99. The lowest BCUT2D eigenvalue weighted by molar-refractivity contribution is 0.590. The van der Waals surface area contributed by atoms with Crippen molar-refractivity contribution in [2.75, 3.05) is 4.90 Å². The summed E-state index contributed by atoms with van der Waals surface area (Å²) < 4.78 is 0. The highest BCUT2D eigenvalue weighted by molar-refractivity contribution is 5.70. The molecule has 0 aromatic heterocycles. The van der Waals surface area contributed by atoms with Gasteiger partial charge in [-0.1, -0.05) is 75.4 Å². The summed E-state index contributed by atoms with van der Waals surface area (Å²) in [5.74, 6) is 0. The molecule has 134 valence electrons. The smallest absolute Gasteiger partial charge is 0.0413 e. The quantitative estimate of drug-likeness (QED) is 0.484. The van der Waals surface area contributed by atoms with Crippen LogP contribution >= 0.6 is 0 Å². The van der Waals surface area contributed by atoms with E-state index in [0.29, 0.717) is 6.04 Å². The number of hydrogen-bond donors (Lipinski definition) is 0. The second-order valence-electron chi connectivity index (χ2n) is 8.17. The molecule has 0 fully saturated rings. The predicted octanol–water partition coefficient (Wildman–Crippen LogP) is 7.20. The number of anilines is 2. The highest BCUT2D eigenvalue weighted by Crippen LogP contribution is 2.32. The second-order valence-corrected chi connectivity index (χ2v) is 8.17. The summed E-state index contributed by atoms with van der Waals surface area (Å²) in [4.78, 5) is 2.39. The molecular weight excluding hydrogens is 314 g/mol. The van der Waals surface area contributed by atoms with E-state index in [1.165, 1.54) is 28.1 Å². The summed E-state index contributed by atoms with van der Waals surface area (Å²) in [6.45, 7) is 11.2. The molecule has 0 heterocycles. The Labute approximate surface area is 158 Å². The van der Waals surface area contributed by atoms with E-state index < -0.39 is 0 Å². The fourth-order valence-corrected chi connectivity index (χ4v) is 3.31. The lowest BCUT2D eigenvalue weighted by atomic mass is 9.87. The molecule has 0 radical (unpaired) electrons. The third-order valence-corrected chi connectivity index (χ3v) is 4.78. The molecule has 1 heteroatoms. The minimum atomic E-state index is 0.179. The molecule has 0 saturated heterocycles. The van der Waals surface area contributed by atoms with Gasteiger partial charge in [-0.05, 0) is 60.2 Å². The normalized spacial score (nSPS) is 11.6. The predicted molar refractivity (Wildman–Crippen MR) is 114 cm³/mol. The van der Waals surface area contributed by atoms with Gasteiger partial charge in [0.1, 0.15) is 0 Å². The average molecular weight is 344 g/mol. The first-order chi connectivity index (χ1) is 12.4. The zero-order valence-corrected chi connectivity index (χ0v) is 16.5. The monoisotopic (exact) mass is 343 g/mol. The molecule has 0 aliphatic rings. The minimum absolute atomic E-state index is 0.179. The van der Waals surface area contributed by atoms with Crippen LogP contribution in [0.15, 0.2) is 78.9 Å². The van der Waals surface area contributed by atoms with E-state index in [9.17, 15) is 0 Å². The topological polar surface area (TPSA) is 3.24 Å². The van der Waals surface area contributed by atoms with Crippen LogP contribution in [0, 0.1) is 0 Å². The molecule has 0 bridgehead atoms. The molecule has 0 amide bonds. The maximum absolute atomic E-state index is 2.39. The van der Waals surface area contributed by atoms with Gasteiger partial charge in [-0.15, -0.1) is 0 Å². The van der Waals surface area contributed by atoms with Crippen LogP contribution in [0.1, 0.15) is 40.2 Å². The largest absolute Gasteiger partial charge is 0.339 e. The van der Waals surface area contributed by atoms with Crippen molar-refractivity contribution in [1.82, 2.24) is 0 Å². The van der Waals surface area contributed by atoms with Crippen LogP contribution in [-0.4, -0.2) is 6.04 Å². The van der Waals surface area contributed by atoms with Crippen molar-refractivity contribution < 1.29 is 0 Å². The lowest BCUT2D eigenvalue weighted by Crippen LogP contribution is -2.25. The van der Waals surface area contributed by atoms with Crippen LogP contribution in [0.5, 0.6) is 0 Å². The van der Waals surface area contributed by atoms with Crippen LogP contribution in [0.3, 0.4) is 0 Å². The Morgan fingerprint density at radius 3 is 1.54 bits per heavy atom. The van der Waals surface area contributed by atoms with E-state index in [1.54, 1.807) is 0 Å². The van der Waals surface area contributed by atoms with Crippen LogP contribution in [0.4, 0.5) is 11.4 Å². The maximum atomic E-state index is 2.39. The summed E-state index contributed by atoms with van der Waals surface area (Å²) in [5, 5.41) is 0. The van der Waals surface area contributed by atoms with Crippen molar-refractivity contribution in [3.05, 3.63) is 84.4 Å². The van der Waals surface area contributed by atoms with E-state index in [1.807, 2.05) is 0 Å². The number of rotatable bonds is 4. The van der Waals surface area contributed by atoms with Crippen molar-refractivity contribution in [3.8, 4) is 11.1 Å². The van der Waals surface area contributed by atoms with Gasteiger partial charge in [-0.2, -0.15) is 0 Å². The van der Waals surface area contributed by atoms with Crippen LogP contribution in [0.25, 0.3) is 11.1 Å². The summed E-state index contributed by atoms with van der Waals surface area (Å²) in [6.07, 6.45) is 0. The molecule has 0 spiro atoms. The molecule has 26 heavy (non-hydrogen) atoms. The van der Waals surface area contributed by atoms with Crippen molar-refractivity contribution >= 4 is 11.4 Å². The molecule has 0 atom stereocenters. The van der Waals surface area contributed by atoms with E-state index in [-0.39, 0.29) is 5.41 Å². The Morgan fingerprint density at radius 2 is 1.08 bits per heavy atom. The van der Waals surface area contributed by atoms with Gasteiger partial charge in [0.2, 0.25) is 0 Å². The Kier molecular flexibility index (Phi) is 5.18. The van der Waals surface area contributed by atoms with Gasteiger partial charge in [-0.3, -0.25) is 0 Å². The Bertz CT molecular complexity index is 822. The SMILES string of the molecule is CC(C)N(c1ccc(-c2ccccc2)cc1)c1ccc(C(C)(C)C)cc1. The van der Waals surface area contributed by atoms with Gasteiger partial charge in [0.05, 0.1) is 0 Å². The molecule has 0 unspecified atom stereocenters. The van der Waals surface area contributed by atoms with E-state index in [2.05, 4.69) is 118 Å². The van der Waals surface area contributed by atoms with E-state index in [0.717, 1.165) is 0 Å². The first kappa shape index (κ1) is 18.3. The van der Waals surface area contributed by atoms with Crippen LogP contribution < -0.4 is 4.90 Å². The van der Waals surface area contributed by atoms with Gasteiger partial charge >= 0.3 is 0 Å². The fraction of sp³-hybridized carbons (Fsp3) is 0.280. The molecular formula is C25H29N.